The highest BCUT2D eigenvalue weighted by atomic mass is 19.4. The van der Waals surface area contributed by atoms with E-state index in [-0.39, 0.29) is 17.2 Å². The lowest BCUT2D eigenvalue weighted by molar-refractivity contribution is -0.288. The van der Waals surface area contributed by atoms with Gasteiger partial charge in [-0.1, -0.05) is 24.3 Å². The molecular weight excluding hydrogens is 522 g/mol. The van der Waals surface area contributed by atoms with Gasteiger partial charge in [-0.25, -0.2) is 0 Å². The van der Waals surface area contributed by atoms with Crippen molar-refractivity contribution in [1.29, 1.82) is 0 Å². The van der Waals surface area contributed by atoms with Crippen LogP contribution in [0.15, 0.2) is 97.1 Å². The fourth-order valence-corrected chi connectivity index (χ4v) is 3.88. The molecule has 11 heteroatoms. The summed E-state index contributed by atoms with van der Waals surface area (Å²) < 4.78 is 82.0. The maximum absolute atomic E-state index is 13.7. The number of anilines is 4. The van der Waals surface area contributed by atoms with Crippen LogP contribution >= 0.6 is 0 Å². The number of carbonyl (C=O) groups excluding carboxylic acids is 1. The van der Waals surface area contributed by atoms with Crippen molar-refractivity contribution in [3.8, 4) is 0 Å². The van der Waals surface area contributed by atoms with Gasteiger partial charge in [0, 0.05) is 33.9 Å². The van der Waals surface area contributed by atoms with Gasteiger partial charge in [0.25, 0.3) is 0 Å². The van der Waals surface area contributed by atoms with Gasteiger partial charge in [-0.3, -0.25) is 4.79 Å². The molecule has 4 aromatic rings. The normalized spacial score (nSPS) is 11.8. The molecule has 0 radical (unpaired) electrons. The number of halogens is 6. The summed E-state index contributed by atoms with van der Waals surface area (Å²) in [6, 6.07) is 20.6. The quantitative estimate of drug-likeness (QED) is 0.135. The van der Waals surface area contributed by atoms with Crippen molar-refractivity contribution in [2.45, 2.75) is 17.8 Å². The Kier molecular flexibility index (Phi) is 8.13. The number of carbonyl (C=O) groups is 1. The van der Waals surface area contributed by atoms with Gasteiger partial charge in [0.2, 0.25) is 5.41 Å². The van der Waals surface area contributed by atoms with Crippen LogP contribution in [-0.2, 0) is 5.41 Å². The van der Waals surface area contributed by atoms with Gasteiger partial charge in [0.1, 0.15) is 0 Å². The van der Waals surface area contributed by atoms with E-state index < -0.39 is 28.9 Å². The maximum Gasteiger partial charge on any atom is 0.411 e. The molecule has 0 aliphatic carbocycles. The van der Waals surface area contributed by atoms with Crippen molar-refractivity contribution in [3.63, 3.8) is 0 Å². The van der Waals surface area contributed by atoms with Crippen LogP contribution in [0.25, 0.3) is 0 Å². The fourth-order valence-electron chi connectivity index (χ4n) is 3.88. The number of hydrogen-bond donors (Lipinski definition) is 4. The highest BCUT2D eigenvalue weighted by Crippen LogP contribution is 2.56. The van der Waals surface area contributed by atoms with Crippen molar-refractivity contribution >= 4 is 28.5 Å². The zero-order valence-corrected chi connectivity index (χ0v) is 20.2. The molecule has 0 fully saturated rings. The van der Waals surface area contributed by atoms with Crippen molar-refractivity contribution in [2.24, 2.45) is 0 Å². The van der Waals surface area contributed by atoms with Crippen LogP contribution < -0.4 is 22.9 Å². The van der Waals surface area contributed by atoms with E-state index in [1.807, 2.05) is 0 Å². The summed E-state index contributed by atoms with van der Waals surface area (Å²) in [6.45, 7) is 0. The van der Waals surface area contributed by atoms with Crippen LogP contribution in [0.5, 0.6) is 0 Å². The number of nitrogen functional groups attached to an aromatic ring is 4. The second kappa shape index (κ2) is 11.0. The van der Waals surface area contributed by atoms with E-state index in [9.17, 15) is 31.1 Å². The Balaban J connectivity index is 0.000000230. The molecule has 0 heterocycles. The van der Waals surface area contributed by atoms with Gasteiger partial charge in [-0.05, 0) is 83.9 Å². The van der Waals surface area contributed by atoms with Crippen molar-refractivity contribution < 1.29 is 31.1 Å². The number of nitrogens with two attached hydrogens (primary N) is 4. The molecular formula is C28H24F6N4O. The number of ketones is 1. The Labute approximate surface area is 220 Å². The largest absolute Gasteiger partial charge is 0.411 e. The molecule has 5 nitrogen and oxygen atoms in total. The van der Waals surface area contributed by atoms with Gasteiger partial charge in [0.05, 0.1) is 0 Å². The van der Waals surface area contributed by atoms with Crippen LogP contribution in [0.1, 0.15) is 27.0 Å². The number of rotatable bonds is 4. The molecule has 4 aromatic carbocycles. The van der Waals surface area contributed by atoms with Crippen molar-refractivity contribution in [1.82, 2.24) is 0 Å². The second-order valence-electron chi connectivity index (χ2n) is 8.56. The van der Waals surface area contributed by atoms with Crippen LogP contribution in [0.4, 0.5) is 49.1 Å². The first-order chi connectivity index (χ1) is 18.2. The summed E-state index contributed by atoms with van der Waals surface area (Å²) in [4.78, 5) is 12.0. The molecule has 0 bridgehead atoms. The van der Waals surface area contributed by atoms with E-state index in [4.69, 9.17) is 22.9 Å². The lowest BCUT2D eigenvalue weighted by Gasteiger charge is -2.38. The average molecular weight is 547 g/mol. The highest BCUT2D eigenvalue weighted by Gasteiger charge is 2.72. The molecule has 0 unspecified atom stereocenters. The van der Waals surface area contributed by atoms with E-state index >= 15 is 0 Å². The third-order valence-electron chi connectivity index (χ3n) is 5.88. The molecule has 0 atom stereocenters. The smallest absolute Gasteiger partial charge is 0.399 e. The minimum atomic E-state index is -5.61. The monoisotopic (exact) mass is 546 g/mol. The third kappa shape index (κ3) is 6.08. The first-order valence-electron chi connectivity index (χ1n) is 11.3. The van der Waals surface area contributed by atoms with Gasteiger partial charge in [-0.15, -0.1) is 0 Å². The Morgan fingerprint density at radius 2 is 0.667 bits per heavy atom. The Morgan fingerprint density at radius 3 is 0.897 bits per heavy atom. The van der Waals surface area contributed by atoms with E-state index in [1.54, 1.807) is 48.5 Å². The zero-order valence-electron chi connectivity index (χ0n) is 20.2. The van der Waals surface area contributed by atoms with Gasteiger partial charge >= 0.3 is 12.4 Å². The molecule has 0 aromatic heterocycles. The predicted octanol–water partition coefficient (Wildman–Crippen LogP) is 6.34. The summed E-state index contributed by atoms with van der Waals surface area (Å²) in [6.07, 6.45) is -11.2. The molecule has 0 aliphatic rings. The van der Waals surface area contributed by atoms with Gasteiger partial charge in [-0.2, -0.15) is 26.3 Å². The molecule has 39 heavy (non-hydrogen) atoms. The van der Waals surface area contributed by atoms with Crippen LogP contribution in [0.2, 0.25) is 0 Å². The Bertz CT molecular complexity index is 1290. The molecule has 0 saturated heterocycles. The topological polar surface area (TPSA) is 121 Å². The lowest BCUT2D eigenvalue weighted by Crippen LogP contribution is -2.54. The van der Waals surface area contributed by atoms with Gasteiger partial charge in [0.15, 0.2) is 5.78 Å². The van der Waals surface area contributed by atoms with Gasteiger partial charge < -0.3 is 22.9 Å². The Hall–Kier alpha value is -4.67. The Morgan fingerprint density at radius 1 is 0.436 bits per heavy atom. The molecule has 4 rings (SSSR count). The molecule has 0 aliphatic heterocycles. The van der Waals surface area contributed by atoms with Crippen molar-refractivity contribution in [2.75, 3.05) is 22.9 Å². The average Bonchev–Trinajstić information content (AvgIpc) is 2.86. The third-order valence-corrected chi connectivity index (χ3v) is 5.88. The van der Waals surface area contributed by atoms with Crippen molar-refractivity contribution in [3.05, 3.63) is 119 Å². The van der Waals surface area contributed by atoms with E-state index in [1.165, 1.54) is 0 Å². The number of hydrogen-bond acceptors (Lipinski definition) is 5. The van der Waals surface area contributed by atoms with Crippen LogP contribution in [0, 0.1) is 0 Å². The summed E-state index contributed by atoms with van der Waals surface area (Å²) in [5.74, 6) is -0.0278. The summed E-state index contributed by atoms with van der Waals surface area (Å²) in [7, 11) is 0. The predicted molar refractivity (Wildman–Crippen MR) is 140 cm³/mol. The SMILES string of the molecule is Nc1ccc(C(=O)c2ccc(N)cc2)cc1.Nc1ccc(C(c2ccc(N)cc2)(C(F)(F)F)C(F)(F)F)cc1. The maximum atomic E-state index is 13.7. The lowest BCUT2D eigenvalue weighted by atomic mass is 9.73. The van der Waals surface area contributed by atoms with E-state index in [2.05, 4.69) is 0 Å². The van der Waals surface area contributed by atoms with Crippen LogP contribution in [0.3, 0.4) is 0 Å². The molecule has 0 saturated carbocycles. The summed E-state index contributed by atoms with van der Waals surface area (Å²) in [5, 5.41) is 0. The van der Waals surface area contributed by atoms with E-state index in [0.717, 1.165) is 48.5 Å². The highest BCUT2D eigenvalue weighted by molar-refractivity contribution is 6.09. The zero-order chi connectivity index (χ0) is 29.0. The summed E-state index contributed by atoms with van der Waals surface area (Å²) >= 11 is 0. The number of alkyl halides is 6. The minimum absolute atomic E-state index is 0.0278. The second-order valence-corrected chi connectivity index (χ2v) is 8.56. The first kappa shape index (κ1) is 28.9. The molecule has 0 spiro atoms. The first-order valence-corrected chi connectivity index (χ1v) is 11.3. The molecule has 8 N–H and O–H groups in total. The fraction of sp³-hybridized carbons (Fsp3) is 0.107. The van der Waals surface area contributed by atoms with Crippen LogP contribution in [-0.4, -0.2) is 18.1 Å². The minimum Gasteiger partial charge on any atom is -0.399 e. The van der Waals surface area contributed by atoms with E-state index in [0.29, 0.717) is 22.5 Å². The molecule has 204 valence electrons. The summed E-state index contributed by atoms with van der Waals surface area (Å²) in [5.41, 5.74) is 18.4. The number of benzene rings is 4. The molecule has 0 amide bonds. The standard InChI is InChI=1S/C15H12F6N2.C13H12N2O/c16-14(17,18)13(15(19,20)21,9-1-5-11(22)6-2-9)10-3-7-12(23)8-4-10;14-11-5-1-9(2-6-11)13(16)10-3-7-12(15)8-4-10/h1-8H,22-23H2;1-8H,14-15H2.